The first kappa shape index (κ1) is 8.96. The summed E-state index contributed by atoms with van der Waals surface area (Å²) in [6, 6.07) is -0.0208. The van der Waals surface area contributed by atoms with E-state index in [1.165, 1.54) is 0 Å². The Kier molecular flexibility index (Phi) is 5.38. The molecule has 0 aromatic rings. The Bertz CT molecular complexity index is 86.1. The van der Waals surface area contributed by atoms with Crippen LogP contribution in [0.4, 0.5) is 0 Å². The average Bonchev–Trinajstić information content (AvgIpc) is 1.84. The van der Waals surface area contributed by atoms with Gasteiger partial charge in [0.15, 0.2) is 23.0 Å². The van der Waals surface area contributed by atoms with Crippen LogP contribution >= 0.6 is 45.6 Å². The van der Waals surface area contributed by atoms with Crippen molar-refractivity contribution < 1.29 is 3.07 Å². The van der Waals surface area contributed by atoms with Crippen LogP contribution in [0.25, 0.3) is 0 Å². The van der Waals surface area contributed by atoms with E-state index in [2.05, 4.69) is 29.2 Å². The van der Waals surface area contributed by atoms with Crippen LogP contribution < -0.4 is 5.73 Å². The maximum Gasteiger partial charge on any atom is 0.192 e. The van der Waals surface area contributed by atoms with Crippen molar-refractivity contribution in [3.05, 3.63) is 12.3 Å². The van der Waals surface area contributed by atoms with Gasteiger partial charge in [-0.3, -0.25) is 0 Å². The van der Waals surface area contributed by atoms with E-state index >= 15 is 0 Å². The predicted octanol–water partition coefficient (Wildman–Crippen LogP) is 1.63. The second kappa shape index (κ2) is 4.80. The van der Waals surface area contributed by atoms with Crippen molar-refractivity contribution in [2.45, 2.75) is 6.04 Å². The zero-order chi connectivity index (χ0) is 6.57. The Morgan fingerprint density at radius 2 is 2.38 bits per heavy atom. The van der Waals surface area contributed by atoms with Crippen LogP contribution in [0.5, 0.6) is 0 Å². The average molecular weight is 339 g/mol. The van der Waals surface area contributed by atoms with Crippen LogP contribution in [0.15, 0.2) is 12.3 Å². The largest absolute Gasteiger partial charge is 0.431 e. The Morgan fingerprint density at radius 1 is 1.88 bits per heavy atom. The Labute approximate surface area is 76.7 Å². The quantitative estimate of drug-likeness (QED) is 0.482. The van der Waals surface area contributed by atoms with E-state index in [0.29, 0.717) is 5.76 Å². The highest BCUT2D eigenvalue weighted by atomic mass is 127. The lowest BCUT2D eigenvalue weighted by atomic mass is 10.3. The van der Waals surface area contributed by atoms with E-state index in [1.807, 2.05) is 0 Å². The van der Waals surface area contributed by atoms with Crippen molar-refractivity contribution in [3.63, 3.8) is 0 Å². The third kappa shape index (κ3) is 3.08. The van der Waals surface area contributed by atoms with Gasteiger partial charge in [0.1, 0.15) is 5.76 Å². The molecule has 0 heterocycles. The van der Waals surface area contributed by atoms with Crippen LogP contribution in [0.1, 0.15) is 0 Å². The fourth-order valence-electron chi connectivity index (χ4n) is 0.143. The fraction of sp³-hybridized carbons (Fsp3) is 0.500. The molecule has 0 aliphatic rings. The second-order valence-electron chi connectivity index (χ2n) is 1.30. The van der Waals surface area contributed by atoms with Crippen LogP contribution in [-0.2, 0) is 3.07 Å². The van der Waals surface area contributed by atoms with Crippen LogP contribution in [0.3, 0.4) is 0 Å². The van der Waals surface area contributed by atoms with E-state index in [0.717, 1.165) is 4.43 Å². The fourth-order valence-corrected chi connectivity index (χ4v) is 0.961. The first-order valence-electron chi connectivity index (χ1n) is 2.01. The number of rotatable bonds is 3. The molecule has 0 saturated carbocycles. The summed E-state index contributed by atoms with van der Waals surface area (Å²) < 4.78 is 5.60. The highest BCUT2D eigenvalue weighted by molar-refractivity contribution is 14.1. The van der Waals surface area contributed by atoms with Crippen molar-refractivity contribution in [2.24, 2.45) is 5.73 Å². The molecule has 8 heavy (non-hydrogen) atoms. The number of nitrogens with two attached hydrogens (primary N) is 1. The maximum atomic E-state index is 5.49. The molecule has 48 valence electrons. The molecule has 0 aromatic carbocycles. The first-order chi connectivity index (χ1) is 3.72. The SMILES string of the molecule is C=C(OI)C(N)CI. The number of hydrogen-bond acceptors (Lipinski definition) is 2. The number of alkyl halides is 1. The molecule has 0 amide bonds. The molecule has 0 aliphatic heterocycles. The van der Waals surface area contributed by atoms with Crippen LogP contribution in [0.2, 0.25) is 0 Å². The molecule has 0 aromatic heterocycles. The smallest absolute Gasteiger partial charge is 0.192 e. The standard InChI is InChI=1S/C4H7I2NO/c1-3(8-6)4(7)2-5/h4H,1-2,7H2. The summed E-state index contributed by atoms with van der Waals surface area (Å²) in [5.74, 6) is 0.639. The summed E-state index contributed by atoms with van der Waals surface area (Å²) in [6.07, 6.45) is 0. The molecule has 0 rings (SSSR count). The van der Waals surface area contributed by atoms with Gasteiger partial charge in [0.05, 0.1) is 6.04 Å². The minimum atomic E-state index is -0.0208. The number of halogens is 2. The van der Waals surface area contributed by atoms with Crippen molar-refractivity contribution in [1.82, 2.24) is 0 Å². The molecule has 0 saturated heterocycles. The van der Waals surface area contributed by atoms with E-state index in [-0.39, 0.29) is 6.04 Å². The Balaban J connectivity index is 3.46. The summed E-state index contributed by atoms with van der Waals surface area (Å²) in [5.41, 5.74) is 5.49. The van der Waals surface area contributed by atoms with Crippen molar-refractivity contribution >= 4 is 45.6 Å². The van der Waals surface area contributed by atoms with Gasteiger partial charge in [-0.1, -0.05) is 29.2 Å². The van der Waals surface area contributed by atoms with Gasteiger partial charge in [0.25, 0.3) is 0 Å². The van der Waals surface area contributed by atoms with Gasteiger partial charge in [-0.05, 0) is 0 Å². The maximum absolute atomic E-state index is 5.49. The lowest BCUT2D eigenvalue weighted by Gasteiger charge is -2.06. The van der Waals surface area contributed by atoms with Crippen molar-refractivity contribution in [2.75, 3.05) is 4.43 Å². The van der Waals surface area contributed by atoms with E-state index in [1.54, 1.807) is 23.0 Å². The minimum Gasteiger partial charge on any atom is -0.431 e. The molecule has 2 nitrogen and oxygen atoms in total. The normalized spacial score (nSPS) is 12.9. The minimum absolute atomic E-state index is 0.0208. The van der Waals surface area contributed by atoms with Gasteiger partial charge in [0, 0.05) is 4.43 Å². The lowest BCUT2D eigenvalue weighted by Crippen LogP contribution is -2.23. The van der Waals surface area contributed by atoms with Gasteiger partial charge in [-0.25, -0.2) is 0 Å². The van der Waals surface area contributed by atoms with Gasteiger partial charge in [-0.2, -0.15) is 0 Å². The van der Waals surface area contributed by atoms with E-state index in [4.69, 9.17) is 8.80 Å². The molecule has 0 bridgehead atoms. The summed E-state index contributed by atoms with van der Waals surface area (Å²) in [4.78, 5) is 0. The molecule has 4 heteroatoms. The summed E-state index contributed by atoms with van der Waals surface area (Å²) >= 11 is 3.95. The molecule has 1 atom stereocenters. The molecule has 0 radical (unpaired) electrons. The first-order valence-corrected chi connectivity index (χ1v) is 4.42. The van der Waals surface area contributed by atoms with E-state index < -0.39 is 0 Å². The lowest BCUT2D eigenvalue weighted by molar-refractivity contribution is 0.510. The molecule has 0 aliphatic carbocycles. The van der Waals surface area contributed by atoms with Crippen molar-refractivity contribution in [1.29, 1.82) is 0 Å². The zero-order valence-corrected chi connectivity index (χ0v) is 8.55. The topological polar surface area (TPSA) is 35.2 Å². The van der Waals surface area contributed by atoms with Crippen LogP contribution in [0, 0.1) is 0 Å². The van der Waals surface area contributed by atoms with Gasteiger partial charge in [0.2, 0.25) is 0 Å². The molecular weight excluding hydrogens is 332 g/mol. The monoisotopic (exact) mass is 339 g/mol. The van der Waals surface area contributed by atoms with Gasteiger partial charge >= 0.3 is 0 Å². The molecule has 1 unspecified atom stereocenters. The van der Waals surface area contributed by atoms with Crippen LogP contribution in [-0.4, -0.2) is 10.5 Å². The molecule has 0 fully saturated rings. The zero-order valence-electron chi connectivity index (χ0n) is 4.23. The highest BCUT2D eigenvalue weighted by Gasteiger charge is 2.03. The second-order valence-corrected chi connectivity index (χ2v) is 2.63. The summed E-state index contributed by atoms with van der Waals surface area (Å²) in [6.45, 7) is 3.58. The summed E-state index contributed by atoms with van der Waals surface area (Å²) in [5, 5.41) is 0. The molecular formula is C4H7I2NO. The predicted molar refractivity (Wildman–Crippen MR) is 51.1 cm³/mol. The van der Waals surface area contributed by atoms with Gasteiger partial charge in [-0.15, -0.1) is 0 Å². The Hall–Kier alpha value is 0.960. The third-order valence-corrected chi connectivity index (χ3v) is 2.19. The summed E-state index contributed by atoms with van der Waals surface area (Å²) in [7, 11) is 0. The van der Waals surface area contributed by atoms with Gasteiger partial charge < -0.3 is 8.80 Å². The highest BCUT2D eigenvalue weighted by Crippen LogP contribution is 2.05. The van der Waals surface area contributed by atoms with E-state index in [9.17, 15) is 0 Å². The third-order valence-electron chi connectivity index (χ3n) is 0.679. The molecule has 2 N–H and O–H groups in total. The van der Waals surface area contributed by atoms with Crippen molar-refractivity contribution in [3.8, 4) is 0 Å². The molecule has 0 spiro atoms. The Morgan fingerprint density at radius 3 is 2.50 bits per heavy atom. The number of hydrogen-bond donors (Lipinski definition) is 1.